The minimum atomic E-state index is -1.01. The number of Topliss-reactive ketones (excluding diaryl/α,β-unsaturated/α-hetero) is 2. The third kappa shape index (κ3) is 7.76. The van der Waals surface area contributed by atoms with Gasteiger partial charge in [0.25, 0.3) is 5.91 Å². The quantitative estimate of drug-likeness (QED) is 0.332. The van der Waals surface area contributed by atoms with Crippen molar-refractivity contribution in [1.29, 1.82) is 0 Å². The zero-order chi connectivity index (χ0) is 30.6. The Bertz CT molecular complexity index is 1260. The number of carbonyl (C=O) groups is 5. The fourth-order valence-electron chi connectivity index (χ4n) is 5.84. The Morgan fingerprint density at radius 3 is 2.55 bits per heavy atom. The molecule has 1 spiro atoms. The Balaban J connectivity index is 1.58. The van der Waals surface area contributed by atoms with E-state index in [2.05, 4.69) is 15.8 Å². The Labute approximate surface area is 251 Å². The second kappa shape index (κ2) is 13.4. The highest BCUT2D eigenvalue weighted by Crippen LogP contribution is 2.40. The molecule has 4 atom stereocenters. The van der Waals surface area contributed by atoms with Gasteiger partial charge >= 0.3 is 0 Å². The molecule has 4 rings (SSSR count). The number of carbonyl (C=O) groups excluding carboxylic acids is 5. The van der Waals surface area contributed by atoms with Crippen LogP contribution in [0.2, 0.25) is 5.02 Å². The first-order chi connectivity index (χ1) is 19.9. The molecule has 3 amide bonds. The predicted octanol–water partition coefficient (Wildman–Crippen LogP) is 3.58. The maximum Gasteiger partial charge on any atom is 0.289 e. The lowest BCUT2D eigenvalue weighted by Gasteiger charge is -2.29. The van der Waals surface area contributed by atoms with Gasteiger partial charge in [-0.1, -0.05) is 56.1 Å². The summed E-state index contributed by atoms with van der Waals surface area (Å²) in [6.45, 7) is 7.38. The van der Waals surface area contributed by atoms with Crippen molar-refractivity contribution in [1.82, 2.24) is 15.5 Å². The highest BCUT2D eigenvalue weighted by molar-refractivity contribution is 6.38. The smallest absolute Gasteiger partial charge is 0.289 e. The van der Waals surface area contributed by atoms with Gasteiger partial charge in [-0.2, -0.15) is 0 Å². The van der Waals surface area contributed by atoms with Crippen LogP contribution in [-0.2, 0) is 28.8 Å². The zero-order valence-corrected chi connectivity index (χ0v) is 25.5. The molecule has 0 radical (unpaired) electrons. The Hall–Kier alpha value is -3.27. The van der Waals surface area contributed by atoms with Gasteiger partial charge in [-0.15, -0.1) is 0 Å². The van der Waals surface area contributed by atoms with Gasteiger partial charge in [-0.3, -0.25) is 19.2 Å². The highest BCUT2D eigenvalue weighted by Gasteiger charge is 2.54. The van der Waals surface area contributed by atoms with Gasteiger partial charge in [-0.05, 0) is 50.7 Å². The number of benzene rings is 1. The first-order valence-electron chi connectivity index (χ1n) is 14.9. The molecule has 10 nitrogen and oxygen atoms in total. The van der Waals surface area contributed by atoms with Gasteiger partial charge in [0.15, 0.2) is 5.60 Å². The normalized spacial score (nSPS) is 22.9. The van der Waals surface area contributed by atoms with E-state index in [0.29, 0.717) is 30.0 Å². The van der Waals surface area contributed by atoms with Gasteiger partial charge < -0.3 is 25.2 Å². The third-order valence-electron chi connectivity index (χ3n) is 7.97. The van der Waals surface area contributed by atoms with E-state index in [0.717, 1.165) is 18.4 Å². The molecule has 0 aromatic heterocycles. The standard InChI is InChI=1S/C31H41ClN4O6/c1-5-7-24(27(38)29(40)33-23-10-11-23)34-28(39)26-16-31(15-25(35-42-31)20-8-6-9-22(32)14-20)17-36(26)30(41)21(12-18(2)3)13-19(4)37/h6,8-9,14,18,21,23-24,26H,5,7,10-13,15-17H2,1-4H3,(H,33,40)(H,34,39)/t21-,24+,26+,31-/m1/s1. The molecule has 2 heterocycles. The molecule has 0 bridgehead atoms. The third-order valence-corrected chi connectivity index (χ3v) is 8.20. The van der Waals surface area contributed by atoms with Crippen LogP contribution < -0.4 is 10.6 Å². The summed E-state index contributed by atoms with van der Waals surface area (Å²) in [7, 11) is 0. The van der Waals surface area contributed by atoms with E-state index in [-0.39, 0.29) is 49.5 Å². The zero-order valence-electron chi connectivity index (χ0n) is 24.8. The molecule has 228 valence electrons. The molecule has 2 fully saturated rings. The van der Waals surface area contributed by atoms with Crippen LogP contribution in [0.25, 0.3) is 0 Å². The molecule has 2 N–H and O–H groups in total. The van der Waals surface area contributed by atoms with Crippen molar-refractivity contribution < 1.29 is 28.8 Å². The molecule has 3 aliphatic rings. The first-order valence-corrected chi connectivity index (χ1v) is 15.2. The van der Waals surface area contributed by atoms with Crippen LogP contribution in [0, 0.1) is 11.8 Å². The molecule has 1 saturated carbocycles. The van der Waals surface area contributed by atoms with Crippen LogP contribution in [0.1, 0.15) is 84.6 Å². The summed E-state index contributed by atoms with van der Waals surface area (Å²) in [5.74, 6) is -2.79. The number of hydrogen-bond donors (Lipinski definition) is 2. The van der Waals surface area contributed by atoms with E-state index >= 15 is 0 Å². The number of halogens is 1. The van der Waals surface area contributed by atoms with Crippen LogP contribution >= 0.6 is 11.6 Å². The number of amides is 3. The van der Waals surface area contributed by atoms with Gasteiger partial charge in [0.05, 0.1) is 18.3 Å². The second-order valence-corrected chi connectivity index (χ2v) is 12.8. The van der Waals surface area contributed by atoms with Crippen molar-refractivity contribution in [3.05, 3.63) is 34.9 Å². The van der Waals surface area contributed by atoms with Crippen molar-refractivity contribution in [2.75, 3.05) is 6.54 Å². The Kier molecular flexibility index (Phi) is 10.1. The minimum absolute atomic E-state index is 0.00889. The van der Waals surface area contributed by atoms with Crippen molar-refractivity contribution in [2.24, 2.45) is 17.0 Å². The number of nitrogens with zero attached hydrogens (tertiary/aromatic N) is 2. The molecule has 0 unspecified atom stereocenters. The maximum absolute atomic E-state index is 14.0. The molecular weight excluding hydrogens is 560 g/mol. The second-order valence-electron chi connectivity index (χ2n) is 12.4. The van der Waals surface area contributed by atoms with E-state index in [4.69, 9.17) is 16.4 Å². The average Bonchev–Trinajstić information content (AvgIpc) is 3.52. The summed E-state index contributed by atoms with van der Waals surface area (Å²) < 4.78 is 0. The van der Waals surface area contributed by atoms with Crippen LogP contribution in [0.15, 0.2) is 29.4 Å². The van der Waals surface area contributed by atoms with E-state index < -0.39 is 41.2 Å². The van der Waals surface area contributed by atoms with E-state index in [1.807, 2.05) is 32.9 Å². The van der Waals surface area contributed by atoms with E-state index in [1.165, 1.54) is 11.8 Å². The van der Waals surface area contributed by atoms with Crippen molar-refractivity contribution in [3.8, 4) is 0 Å². The van der Waals surface area contributed by atoms with Crippen molar-refractivity contribution in [2.45, 2.75) is 103 Å². The lowest BCUT2D eigenvalue weighted by molar-refractivity contribution is -0.145. The molecule has 1 aromatic rings. The molecule has 1 saturated heterocycles. The van der Waals surface area contributed by atoms with Gasteiger partial charge in [0.1, 0.15) is 11.8 Å². The van der Waals surface area contributed by atoms with Crippen LogP contribution in [0.4, 0.5) is 0 Å². The topological polar surface area (TPSA) is 134 Å². The number of oxime groups is 1. The molecule has 42 heavy (non-hydrogen) atoms. The predicted molar refractivity (Wildman–Crippen MR) is 158 cm³/mol. The number of nitrogens with one attached hydrogen (secondary N) is 2. The summed E-state index contributed by atoms with van der Waals surface area (Å²) in [4.78, 5) is 72.9. The monoisotopic (exact) mass is 600 g/mol. The summed E-state index contributed by atoms with van der Waals surface area (Å²) in [6.07, 6.45) is 3.58. The maximum atomic E-state index is 14.0. The first kappa shape index (κ1) is 31.7. The number of rotatable bonds is 13. The van der Waals surface area contributed by atoms with Gasteiger partial charge in [0, 0.05) is 41.8 Å². The molecule has 1 aromatic carbocycles. The van der Waals surface area contributed by atoms with Crippen molar-refractivity contribution in [3.63, 3.8) is 0 Å². The van der Waals surface area contributed by atoms with Gasteiger partial charge in [0.2, 0.25) is 17.6 Å². The average molecular weight is 601 g/mol. The summed E-state index contributed by atoms with van der Waals surface area (Å²) >= 11 is 6.19. The molecule has 1 aliphatic carbocycles. The Morgan fingerprint density at radius 1 is 1.19 bits per heavy atom. The molecule has 11 heteroatoms. The molecule has 2 aliphatic heterocycles. The van der Waals surface area contributed by atoms with Crippen LogP contribution in [0.3, 0.4) is 0 Å². The Morgan fingerprint density at radius 2 is 1.93 bits per heavy atom. The summed E-state index contributed by atoms with van der Waals surface area (Å²) in [6, 6.07) is 5.26. The van der Waals surface area contributed by atoms with Crippen LogP contribution in [-0.4, -0.2) is 70.2 Å². The molecular formula is C31H41ClN4O6. The minimum Gasteiger partial charge on any atom is -0.387 e. The van der Waals surface area contributed by atoms with E-state index in [9.17, 15) is 24.0 Å². The van der Waals surface area contributed by atoms with Crippen LogP contribution in [0.5, 0.6) is 0 Å². The lowest BCUT2D eigenvalue weighted by Crippen LogP contribution is -2.54. The summed E-state index contributed by atoms with van der Waals surface area (Å²) in [5.41, 5.74) is 0.487. The lowest BCUT2D eigenvalue weighted by atomic mass is 9.91. The number of likely N-dealkylation sites (tertiary alicyclic amines) is 1. The SMILES string of the molecule is CCC[C@H](NC(=O)[C@@H]1C[C@]2(CC(c3cccc(Cl)c3)=NO2)CN1C(=O)[C@@H](CC(C)=O)CC(C)C)C(=O)C(=O)NC1CC1. The number of hydrogen-bond acceptors (Lipinski definition) is 7. The fourth-order valence-corrected chi connectivity index (χ4v) is 6.03. The fraction of sp³-hybridized carbons (Fsp3) is 0.613. The highest BCUT2D eigenvalue weighted by atomic mass is 35.5. The van der Waals surface area contributed by atoms with Gasteiger partial charge in [-0.25, -0.2) is 0 Å². The van der Waals surface area contributed by atoms with E-state index in [1.54, 1.807) is 12.1 Å². The number of ketones is 2. The van der Waals surface area contributed by atoms with Crippen molar-refractivity contribution >= 4 is 46.6 Å². The summed E-state index contributed by atoms with van der Waals surface area (Å²) in [5, 5.41) is 10.3. The largest absolute Gasteiger partial charge is 0.387 e.